The number of aromatic nitrogens is 1. The highest BCUT2D eigenvalue weighted by molar-refractivity contribution is 9.10. The van der Waals surface area contributed by atoms with Crippen molar-refractivity contribution in [3.8, 4) is 0 Å². The minimum atomic E-state index is -1.03. The van der Waals surface area contributed by atoms with E-state index < -0.39 is 11.6 Å². The molecule has 1 rings (SSSR count). The first-order chi connectivity index (χ1) is 8.24. The molecule has 0 spiro atoms. The van der Waals surface area contributed by atoms with Gasteiger partial charge >= 0.3 is 5.97 Å². The Balaban J connectivity index is 3.17. The van der Waals surface area contributed by atoms with Crippen LogP contribution in [-0.2, 0) is 0 Å². The Morgan fingerprint density at radius 2 is 2.17 bits per heavy atom. The van der Waals surface area contributed by atoms with Crippen molar-refractivity contribution in [1.29, 1.82) is 0 Å². The molecular weight excluding hydrogens is 300 g/mol. The van der Waals surface area contributed by atoms with Crippen LogP contribution < -0.4 is 4.90 Å². The standard InChI is InChI=1S/C12H17BrN2O3/c1-4-15(7-12(2,3)18)10-9(11(16)17)5-8(13)6-14-10/h5-6,18H,4,7H2,1-3H3,(H,16,17). The molecule has 0 aliphatic rings. The van der Waals surface area contributed by atoms with Gasteiger partial charge in [0.05, 0.1) is 5.60 Å². The van der Waals surface area contributed by atoms with Gasteiger partial charge in [-0.15, -0.1) is 0 Å². The number of anilines is 1. The summed E-state index contributed by atoms with van der Waals surface area (Å²) >= 11 is 3.20. The van der Waals surface area contributed by atoms with Crippen LogP contribution in [0.5, 0.6) is 0 Å². The maximum absolute atomic E-state index is 11.2. The lowest BCUT2D eigenvalue weighted by Gasteiger charge is -2.29. The van der Waals surface area contributed by atoms with E-state index in [1.54, 1.807) is 24.9 Å². The normalized spacial score (nSPS) is 11.4. The summed E-state index contributed by atoms with van der Waals surface area (Å²) in [5, 5.41) is 19.0. The van der Waals surface area contributed by atoms with Crippen molar-refractivity contribution >= 4 is 27.7 Å². The Hall–Kier alpha value is -1.14. The number of nitrogens with zero attached hydrogens (tertiary/aromatic N) is 2. The van der Waals surface area contributed by atoms with Crippen LogP contribution in [0.4, 0.5) is 5.82 Å². The van der Waals surface area contributed by atoms with E-state index >= 15 is 0 Å². The van der Waals surface area contributed by atoms with Crippen LogP contribution in [0, 0.1) is 0 Å². The molecule has 1 heterocycles. The molecule has 100 valence electrons. The highest BCUT2D eigenvalue weighted by Crippen LogP contribution is 2.23. The fourth-order valence-electron chi connectivity index (χ4n) is 1.64. The van der Waals surface area contributed by atoms with Gasteiger partial charge in [-0.25, -0.2) is 9.78 Å². The molecule has 0 fully saturated rings. The van der Waals surface area contributed by atoms with Crippen LogP contribution in [0.3, 0.4) is 0 Å². The van der Waals surface area contributed by atoms with Gasteiger partial charge in [-0.05, 0) is 42.8 Å². The third-order valence-corrected chi connectivity index (χ3v) is 2.76. The van der Waals surface area contributed by atoms with Crippen molar-refractivity contribution < 1.29 is 15.0 Å². The van der Waals surface area contributed by atoms with E-state index in [1.165, 1.54) is 6.07 Å². The average molecular weight is 317 g/mol. The second kappa shape index (κ2) is 5.67. The van der Waals surface area contributed by atoms with Crippen molar-refractivity contribution in [3.63, 3.8) is 0 Å². The topological polar surface area (TPSA) is 73.7 Å². The fraction of sp³-hybridized carbons (Fsp3) is 0.500. The van der Waals surface area contributed by atoms with Gasteiger partial charge in [-0.3, -0.25) is 0 Å². The Labute approximate surface area is 115 Å². The molecule has 0 unspecified atom stereocenters. The molecule has 0 saturated carbocycles. The second-order valence-electron chi connectivity index (χ2n) is 4.66. The monoisotopic (exact) mass is 316 g/mol. The Morgan fingerprint density at radius 1 is 1.56 bits per heavy atom. The number of pyridine rings is 1. The molecule has 0 aromatic carbocycles. The molecule has 18 heavy (non-hydrogen) atoms. The Morgan fingerprint density at radius 3 is 2.61 bits per heavy atom. The number of likely N-dealkylation sites (N-methyl/N-ethyl adjacent to an activating group) is 1. The lowest BCUT2D eigenvalue weighted by atomic mass is 10.1. The van der Waals surface area contributed by atoms with E-state index in [-0.39, 0.29) is 5.56 Å². The Kier molecular flexibility index (Phi) is 4.70. The molecule has 0 saturated heterocycles. The van der Waals surface area contributed by atoms with E-state index in [2.05, 4.69) is 20.9 Å². The lowest BCUT2D eigenvalue weighted by molar-refractivity contribution is 0.0693. The first-order valence-corrected chi connectivity index (χ1v) is 6.40. The molecule has 0 amide bonds. The molecular formula is C12H17BrN2O3. The molecule has 1 aromatic rings. The largest absolute Gasteiger partial charge is 0.478 e. The quantitative estimate of drug-likeness (QED) is 0.870. The summed E-state index contributed by atoms with van der Waals surface area (Å²) in [5.74, 6) is -0.664. The van der Waals surface area contributed by atoms with Crippen LogP contribution in [0.25, 0.3) is 0 Å². The van der Waals surface area contributed by atoms with Crippen molar-refractivity contribution in [2.24, 2.45) is 0 Å². The maximum atomic E-state index is 11.2. The summed E-state index contributed by atoms with van der Waals surface area (Å²) in [6, 6.07) is 1.51. The summed E-state index contributed by atoms with van der Waals surface area (Å²) in [7, 11) is 0. The van der Waals surface area contributed by atoms with E-state index in [4.69, 9.17) is 0 Å². The third-order valence-electron chi connectivity index (χ3n) is 2.32. The zero-order valence-electron chi connectivity index (χ0n) is 10.6. The first-order valence-electron chi connectivity index (χ1n) is 5.60. The number of halogens is 1. The molecule has 1 aromatic heterocycles. The molecule has 2 N–H and O–H groups in total. The SMILES string of the molecule is CCN(CC(C)(C)O)c1ncc(Br)cc1C(=O)O. The van der Waals surface area contributed by atoms with Gasteiger partial charge in [0.1, 0.15) is 11.4 Å². The molecule has 0 atom stereocenters. The number of rotatable bonds is 5. The zero-order chi connectivity index (χ0) is 13.9. The van der Waals surface area contributed by atoms with Crippen LogP contribution in [-0.4, -0.2) is 39.9 Å². The van der Waals surface area contributed by atoms with Crippen LogP contribution >= 0.6 is 15.9 Å². The summed E-state index contributed by atoms with van der Waals surface area (Å²) in [6.45, 7) is 6.13. The van der Waals surface area contributed by atoms with Crippen molar-refractivity contribution in [2.75, 3.05) is 18.0 Å². The number of carboxylic acids is 1. The predicted molar refractivity (Wildman–Crippen MR) is 73.1 cm³/mol. The molecule has 5 nitrogen and oxygen atoms in total. The summed E-state index contributed by atoms with van der Waals surface area (Å²) in [5.41, 5.74) is -0.795. The highest BCUT2D eigenvalue weighted by Gasteiger charge is 2.22. The Bertz CT molecular complexity index is 443. The second-order valence-corrected chi connectivity index (χ2v) is 5.57. The van der Waals surface area contributed by atoms with E-state index in [0.29, 0.717) is 23.4 Å². The summed E-state index contributed by atoms with van der Waals surface area (Å²) < 4.78 is 0.614. The van der Waals surface area contributed by atoms with Crippen LogP contribution in [0.15, 0.2) is 16.7 Å². The number of aromatic carboxylic acids is 1. The minimum absolute atomic E-state index is 0.121. The minimum Gasteiger partial charge on any atom is -0.478 e. The number of hydrogen-bond donors (Lipinski definition) is 2. The smallest absolute Gasteiger partial charge is 0.339 e. The van der Waals surface area contributed by atoms with Gasteiger partial charge in [0.15, 0.2) is 0 Å². The maximum Gasteiger partial charge on any atom is 0.339 e. The molecule has 0 aliphatic carbocycles. The van der Waals surface area contributed by atoms with Gasteiger partial charge < -0.3 is 15.1 Å². The summed E-state index contributed by atoms with van der Waals surface area (Å²) in [4.78, 5) is 17.1. The number of aliphatic hydroxyl groups is 1. The fourth-order valence-corrected chi connectivity index (χ4v) is 1.98. The van der Waals surface area contributed by atoms with Crippen LogP contribution in [0.2, 0.25) is 0 Å². The number of carboxylic acid groups (broad SMARTS) is 1. The molecule has 0 bridgehead atoms. The first kappa shape index (κ1) is 14.9. The zero-order valence-corrected chi connectivity index (χ0v) is 12.2. The van der Waals surface area contributed by atoms with Gasteiger partial charge in [0.2, 0.25) is 0 Å². The van der Waals surface area contributed by atoms with Gasteiger partial charge in [-0.2, -0.15) is 0 Å². The van der Waals surface area contributed by atoms with Crippen molar-refractivity contribution in [3.05, 3.63) is 22.3 Å². The lowest BCUT2D eigenvalue weighted by Crippen LogP contribution is -2.39. The summed E-state index contributed by atoms with van der Waals surface area (Å²) in [6.07, 6.45) is 1.55. The highest BCUT2D eigenvalue weighted by atomic mass is 79.9. The number of hydrogen-bond acceptors (Lipinski definition) is 4. The third kappa shape index (κ3) is 3.96. The van der Waals surface area contributed by atoms with Crippen molar-refractivity contribution in [2.45, 2.75) is 26.4 Å². The average Bonchev–Trinajstić information content (AvgIpc) is 2.24. The van der Waals surface area contributed by atoms with Gasteiger partial charge in [-0.1, -0.05) is 0 Å². The van der Waals surface area contributed by atoms with E-state index in [1.807, 2.05) is 6.92 Å². The molecule has 0 aliphatic heterocycles. The molecule has 6 heteroatoms. The van der Waals surface area contributed by atoms with Gasteiger partial charge in [0, 0.05) is 23.8 Å². The van der Waals surface area contributed by atoms with Gasteiger partial charge in [0.25, 0.3) is 0 Å². The van der Waals surface area contributed by atoms with E-state index in [0.717, 1.165) is 0 Å². The molecule has 0 radical (unpaired) electrons. The van der Waals surface area contributed by atoms with Crippen molar-refractivity contribution in [1.82, 2.24) is 4.98 Å². The predicted octanol–water partition coefficient (Wildman–Crippen LogP) is 2.14. The van der Waals surface area contributed by atoms with E-state index in [9.17, 15) is 15.0 Å². The van der Waals surface area contributed by atoms with Crippen LogP contribution in [0.1, 0.15) is 31.1 Å². The number of carbonyl (C=O) groups is 1.